The number of amides is 2. The number of carboxylic acid groups (broad SMARTS) is 1. The number of rotatable bonds is 7. The molecule has 0 saturated carbocycles. The first-order valence-electron chi connectivity index (χ1n) is 11.0. The molecule has 3 aromatic rings. The number of carbonyl (C=O) groups is 3. The monoisotopic (exact) mass is 458 g/mol. The van der Waals surface area contributed by atoms with Crippen LogP contribution in [-0.4, -0.2) is 35.7 Å². The average Bonchev–Trinajstić information content (AvgIpc) is 3.13. The van der Waals surface area contributed by atoms with Crippen molar-refractivity contribution in [1.29, 1.82) is 0 Å². The lowest BCUT2D eigenvalue weighted by molar-refractivity contribution is -0.139. The number of anilines is 1. The molecule has 2 amide bonds. The second-order valence-electron chi connectivity index (χ2n) is 8.43. The van der Waals surface area contributed by atoms with Crippen molar-refractivity contribution in [2.45, 2.75) is 32.2 Å². The first-order chi connectivity index (χ1) is 16.3. The van der Waals surface area contributed by atoms with Crippen LogP contribution in [0.1, 0.15) is 34.6 Å². The van der Waals surface area contributed by atoms with Crippen LogP contribution >= 0.6 is 0 Å². The van der Waals surface area contributed by atoms with Gasteiger partial charge in [-0.1, -0.05) is 60.7 Å². The van der Waals surface area contributed by atoms with Crippen molar-refractivity contribution in [3.63, 3.8) is 0 Å². The third-order valence-electron chi connectivity index (χ3n) is 5.98. The fourth-order valence-corrected chi connectivity index (χ4v) is 4.26. The van der Waals surface area contributed by atoms with Gasteiger partial charge in [0.25, 0.3) is 0 Å². The van der Waals surface area contributed by atoms with Gasteiger partial charge in [-0.2, -0.15) is 0 Å². The van der Waals surface area contributed by atoms with E-state index in [1.165, 1.54) is 0 Å². The molecular weight excluding hydrogens is 432 g/mol. The molecule has 0 heterocycles. The van der Waals surface area contributed by atoms with Crippen LogP contribution in [0.15, 0.2) is 66.7 Å². The van der Waals surface area contributed by atoms with E-state index < -0.39 is 30.4 Å². The summed E-state index contributed by atoms with van der Waals surface area (Å²) in [6, 6.07) is 20.2. The van der Waals surface area contributed by atoms with Gasteiger partial charge in [0.05, 0.1) is 6.42 Å². The lowest BCUT2D eigenvalue weighted by Crippen LogP contribution is -2.45. The standard InChI is InChI=1S/C27H26N2O5/c1-16-11-12-17(2)23(13-16)28-26(32)24(14-25(30)31)29-27(33)34-15-22-20-9-5-3-7-18(20)19-8-4-6-10-21(19)22/h3-13,22,24H,14-15H2,1-2H3,(H,28,32)(H,29,33)(H,30,31). The van der Waals surface area contributed by atoms with E-state index >= 15 is 0 Å². The van der Waals surface area contributed by atoms with Crippen molar-refractivity contribution < 1.29 is 24.2 Å². The minimum atomic E-state index is -1.28. The van der Waals surface area contributed by atoms with E-state index in [0.29, 0.717) is 5.69 Å². The summed E-state index contributed by atoms with van der Waals surface area (Å²) in [4.78, 5) is 36.7. The van der Waals surface area contributed by atoms with Crippen LogP contribution in [0.4, 0.5) is 10.5 Å². The molecule has 7 nitrogen and oxygen atoms in total. The van der Waals surface area contributed by atoms with Crippen LogP contribution in [0.2, 0.25) is 0 Å². The SMILES string of the molecule is Cc1ccc(C)c(NC(=O)C(CC(=O)O)NC(=O)OCC2c3ccccc3-c3ccccc32)c1. The van der Waals surface area contributed by atoms with Crippen LogP contribution in [-0.2, 0) is 14.3 Å². The molecule has 174 valence electrons. The largest absolute Gasteiger partial charge is 0.481 e. The molecular formula is C27H26N2O5. The Morgan fingerprint density at radius 1 is 0.941 bits per heavy atom. The van der Waals surface area contributed by atoms with Gasteiger partial charge in [-0.05, 0) is 53.3 Å². The van der Waals surface area contributed by atoms with Crippen LogP contribution in [0.5, 0.6) is 0 Å². The molecule has 0 aliphatic heterocycles. The zero-order chi connectivity index (χ0) is 24.2. The smallest absolute Gasteiger partial charge is 0.407 e. The second kappa shape index (κ2) is 9.79. The molecule has 0 saturated heterocycles. The molecule has 3 N–H and O–H groups in total. The van der Waals surface area contributed by atoms with Crippen molar-refractivity contribution in [2.24, 2.45) is 0 Å². The van der Waals surface area contributed by atoms with Crippen molar-refractivity contribution in [1.82, 2.24) is 5.32 Å². The van der Waals surface area contributed by atoms with Gasteiger partial charge >= 0.3 is 12.1 Å². The number of hydrogen-bond donors (Lipinski definition) is 3. The minimum Gasteiger partial charge on any atom is -0.481 e. The van der Waals surface area contributed by atoms with Crippen LogP contribution in [0.3, 0.4) is 0 Å². The molecule has 1 unspecified atom stereocenters. The van der Waals surface area contributed by atoms with E-state index in [2.05, 4.69) is 10.6 Å². The number of alkyl carbamates (subject to hydrolysis) is 1. The number of aryl methyl sites for hydroxylation is 2. The second-order valence-corrected chi connectivity index (χ2v) is 8.43. The van der Waals surface area contributed by atoms with Gasteiger partial charge in [0.1, 0.15) is 12.6 Å². The fraction of sp³-hybridized carbons (Fsp3) is 0.222. The first-order valence-corrected chi connectivity index (χ1v) is 11.0. The fourth-order valence-electron chi connectivity index (χ4n) is 4.26. The highest BCUT2D eigenvalue weighted by Gasteiger charge is 2.30. The number of fused-ring (bicyclic) bond motifs is 3. The first kappa shape index (κ1) is 23.0. The third-order valence-corrected chi connectivity index (χ3v) is 5.98. The molecule has 0 spiro atoms. The number of carbonyl (C=O) groups excluding carboxylic acids is 2. The number of ether oxygens (including phenoxy) is 1. The molecule has 7 heteroatoms. The normalized spacial score (nSPS) is 12.9. The Morgan fingerprint density at radius 3 is 2.18 bits per heavy atom. The maximum atomic E-state index is 12.8. The predicted octanol–water partition coefficient (Wildman–Crippen LogP) is 4.62. The Balaban J connectivity index is 1.44. The number of hydrogen-bond acceptors (Lipinski definition) is 4. The van der Waals surface area contributed by atoms with E-state index in [9.17, 15) is 19.5 Å². The zero-order valence-electron chi connectivity index (χ0n) is 19.0. The Labute approximate surface area is 197 Å². The molecule has 0 aromatic heterocycles. The summed E-state index contributed by atoms with van der Waals surface area (Å²) in [5.41, 5.74) is 6.66. The quantitative estimate of drug-likeness (QED) is 0.479. The van der Waals surface area contributed by atoms with Gasteiger partial charge in [-0.3, -0.25) is 9.59 Å². The van der Waals surface area contributed by atoms with Crippen molar-refractivity contribution >= 4 is 23.7 Å². The van der Waals surface area contributed by atoms with E-state index in [-0.39, 0.29) is 12.5 Å². The van der Waals surface area contributed by atoms with Gasteiger partial charge in [-0.15, -0.1) is 0 Å². The Hall–Kier alpha value is -4.13. The van der Waals surface area contributed by atoms with Gasteiger partial charge in [-0.25, -0.2) is 4.79 Å². The third kappa shape index (κ3) is 4.93. The number of benzene rings is 3. The maximum absolute atomic E-state index is 12.8. The molecule has 3 aromatic carbocycles. The van der Waals surface area contributed by atoms with E-state index in [4.69, 9.17) is 4.74 Å². The highest BCUT2D eigenvalue weighted by Crippen LogP contribution is 2.44. The van der Waals surface area contributed by atoms with Crippen molar-refractivity contribution in [3.8, 4) is 11.1 Å². The Bertz CT molecular complexity index is 1210. The van der Waals surface area contributed by atoms with E-state index in [1.807, 2.05) is 74.5 Å². The summed E-state index contributed by atoms with van der Waals surface area (Å²) < 4.78 is 5.47. The summed E-state index contributed by atoms with van der Waals surface area (Å²) in [6.45, 7) is 3.79. The molecule has 4 rings (SSSR count). The highest BCUT2D eigenvalue weighted by molar-refractivity contribution is 5.99. The maximum Gasteiger partial charge on any atom is 0.407 e. The molecule has 34 heavy (non-hydrogen) atoms. The summed E-state index contributed by atoms with van der Waals surface area (Å²) in [5, 5.41) is 14.4. The van der Waals surface area contributed by atoms with Gasteiger partial charge in [0, 0.05) is 11.6 Å². The van der Waals surface area contributed by atoms with E-state index in [0.717, 1.165) is 33.4 Å². The van der Waals surface area contributed by atoms with Crippen molar-refractivity contribution in [3.05, 3.63) is 89.0 Å². The lowest BCUT2D eigenvalue weighted by Gasteiger charge is -2.19. The van der Waals surface area contributed by atoms with Gasteiger partial charge in [0.2, 0.25) is 5.91 Å². The van der Waals surface area contributed by atoms with Crippen LogP contribution in [0, 0.1) is 13.8 Å². The summed E-state index contributed by atoms with van der Waals surface area (Å²) in [5.74, 6) is -1.97. The minimum absolute atomic E-state index is 0.0677. The average molecular weight is 459 g/mol. The lowest BCUT2D eigenvalue weighted by atomic mass is 9.98. The van der Waals surface area contributed by atoms with Gasteiger partial charge in [0.15, 0.2) is 0 Å². The molecule has 0 radical (unpaired) electrons. The number of aliphatic carboxylic acids is 1. The van der Waals surface area contributed by atoms with Crippen LogP contribution < -0.4 is 10.6 Å². The van der Waals surface area contributed by atoms with Crippen LogP contribution in [0.25, 0.3) is 11.1 Å². The molecule has 1 aliphatic carbocycles. The predicted molar refractivity (Wildman–Crippen MR) is 129 cm³/mol. The summed E-state index contributed by atoms with van der Waals surface area (Å²) in [7, 11) is 0. The zero-order valence-corrected chi connectivity index (χ0v) is 19.0. The molecule has 1 atom stereocenters. The molecule has 0 fully saturated rings. The Kier molecular flexibility index (Phi) is 6.63. The molecule has 0 bridgehead atoms. The van der Waals surface area contributed by atoms with Crippen molar-refractivity contribution in [2.75, 3.05) is 11.9 Å². The summed E-state index contributed by atoms with van der Waals surface area (Å²) >= 11 is 0. The topological polar surface area (TPSA) is 105 Å². The van der Waals surface area contributed by atoms with Gasteiger partial charge < -0.3 is 20.5 Å². The number of carboxylic acids is 1. The number of nitrogens with one attached hydrogen (secondary N) is 2. The highest BCUT2D eigenvalue weighted by atomic mass is 16.5. The molecule has 1 aliphatic rings. The van der Waals surface area contributed by atoms with E-state index in [1.54, 1.807) is 6.07 Å². The summed E-state index contributed by atoms with van der Waals surface area (Å²) in [6.07, 6.45) is -1.41. The Morgan fingerprint density at radius 2 is 1.56 bits per heavy atom.